The molecule has 2 aromatic carbocycles. The quantitative estimate of drug-likeness (QED) is 0.546. The first-order valence-electron chi connectivity index (χ1n) is 10.4. The standard InChI is InChI=1S/C22H23N5O4S/c28-21(23-16-6-7-18-19(12-16)31-15-30-18)14-32-22-25-24-20(13-26-8-10-29-11-9-26)27(22)17-4-2-1-3-5-17/h1-7,12H,8-11,13-15H2,(H,23,28). The van der Waals surface area contributed by atoms with Crippen molar-refractivity contribution >= 4 is 23.4 Å². The van der Waals surface area contributed by atoms with Crippen molar-refractivity contribution < 1.29 is 19.0 Å². The number of rotatable bonds is 7. The van der Waals surface area contributed by atoms with Gasteiger partial charge in [0.05, 0.1) is 25.5 Å². The molecular weight excluding hydrogens is 430 g/mol. The summed E-state index contributed by atoms with van der Waals surface area (Å²) in [5, 5.41) is 12.4. The second-order valence-corrected chi connectivity index (χ2v) is 8.31. The van der Waals surface area contributed by atoms with Crippen molar-refractivity contribution in [1.29, 1.82) is 0 Å². The topological polar surface area (TPSA) is 90.7 Å². The molecule has 0 unspecified atom stereocenters. The summed E-state index contributed by atoms with van der Waals surface area (Å²) >= 11 is 1.36. The van der Waals surface area contributed by atoms with E-state index < -0.39 is 0 Å². The van der Waals surface area contributed by atoms with E-state index in [1.54, 1.807) is 18.2 Å². The van der Waals surface area contributed by atoms with Crippen molar-refractivity contribution in [3.63, 3.8) is 0 Å². The summed E-state index contributed by atoms with van der Waals surface area (Å²) in [6.45, 7) is 4.05. The second kappa shape index (κ2) is 9.60. The number of ether oxygens (including phenoxy) is 3. The van der Waals surface area contributed by atoms with Gasteiger partial charge in [0.2, 0.25) is 12.7 Å². The van der Waals surface area contributed by atoms with E-state index in [-0.39, 0.29) is 18.5 Å². The van der Waals surface area contributed by atoms with Crippen LogP contribution in [0.2, 0.25) is 0 Å². The van der Waals surface area contributed by atoms with Gasteiger partial charge in [0, 0.05) is 30.5 Å². The predicted octanol–water partition coefficient (Wildman–Crippen LogP) is 2.56. The molecule has 0 aliphatic carbocycles. The van der Waals surface area contributed by atoms with E-state index in [1.165, 1.54) is 11.8 Å². The van der Waals surface area contributed by atoms with Crippen LogP contribution in [0.15, 0.2) is 53.7 Å². The molecule has 3 aromatic rings. The summed E-state index contributed by atoms with van der Waals surface area (Å²) in [4.78, 5) is 14.9. The Morgan fingerprint density at radius 1 is 1.03 bits per heavy atom. The van der Waals surface area contributed by atoms with Crippen molar-refractivity contribution in [2.24, 2.45) is 0 Å². The number of benzene rings is 2. The number of thioether (sulfide) groups is 1. The minimum atomic E-state index is -0.133. The predicted molar refractivity (Wildman–Crippen MR) is 119 cm³/mol. The van der Waals surface area contributed by atoms with E-state index >= 15 is 0 Å². The summed E-state index contributed by atoms with van der Waals surface area (Å²) in [5.41, 5.74) is 1.64. The van der Waals surface area contributed by atoms with Crippen LogP contribution in [0.25, 0.3) is 5.69 Å². The van der Waals surface area contributed by atoms with Crippen molar-refractivity contribution in [2.45, 2.75) is 11.7 Å². The number of aromatic nitrogens is 3. The van der Waals surface area contributed by atoms with Gasteiger partial charge in [-0.05, 0) is 24.3 Å². The highest BCUT2D eigenvalue weighted by atomic mass is 32.2. The molecule has 0 atom stereocenters. The van der Waals surface area contributed by atoms with E-state index in [9.17, 15) is 4.79 Å². The highest BCUT2D eigenvalue weighted by Gasteiger charge is 2.20. The van der Waals surface area contributed by atoms with Crippen LogP contribution < -0.4 is 14.8 Å². The monoisotopic (exact) mass is 453 g/mol. The van der Waals surface area contributed by atoms with Crippen LogP contribution in [0.5, 0.6) is 11.5 Å². The normalized spacial score (nSPS) is 15.6. The van der Waals surface area contributed by atoms with Gasteiger partial charge in [-0.25, -0.2) is 0 Å². The molecule has 0 bridgehead atoms. The van der Waals surface area contributed by atoms with E-state index in [0.717, 1.165) is 37.8 Å². The van der Waals surface area contributed by atoms with E-state index in [4.69, 9.17) is 14.2 Å². The second-order valence-electron chi connectivity index (χ2n) is 7.36. The number of carbonyl (C=O) groups excluding carboxylic acids is 1. The van der Waals surface area contributed by atoms with Crippen molar-refractivity contribution in [3.8, 4) is 17.2 Å². The number of nitrogens with one attached hydrogen (secondary N) is 1. The van der Waals surface area contributed by atoms with E-state index in [0.29, 0.717) is 28.9 Å². The Morgan fingerprint density at radius 2 is 1.84 bits per heavy atom. The van der Waals surface area contributed by atoms with Crippen molar-refractivity contribution in [2.75, 3.05) is 44.2 Å². The van der Waals surface area contributed by atoms with E-state index in [2.05, 4.69) is 20.4 Å². The molecule has 10 heteroatoms. The van der Waals surface area contributed by atoms with Crippen LogP contribution in [0, 0.1) is 0 Å². The number of hydrogen-bond acceptors (Lipinski definition) is 8. The maximum absolute atomic E-state index is 12.6. The Hall–Kier alpha value is -3.08. The number of fused-ring (bicyclic) bond motifs is 1. The molecule has 5 rings (SSSR count). The van der Waals surface area contributed by atoms with Gasteiger partial charge in [0.1, 0.15) is 0 Å². The van der Waals surface area contributed by atoms with Crippen LogP contribution in [-0.2, 0) is 16.1 Å². The molecule has 1 N–H and O–H groups in total. The zero-order chi connectivity index (χ0) is 21.8. The minimum absolute atomic E-state index is 0.133. The molecule has 1 amide bonds. The zero-order valence-corrected chi connectivity index (χ0v) is 18.2. The minimum Gasteiger partial charge on any atom is -0.454 e. The van der Waals surface area contributed by atoms with E-state index in [1.807, 2.05) is 34.9 Å². The van der Waals surface area contributed by atoms with Gasteiger partial charge in [-0.1, -0.05) is 30.0 Å². The van der Waals surface area contributed by atoms with Gasteiger partial charge in [0.15, 0.2) is 22.5 Å². The summed E-state index contributed by atoms with van der Waals surface area (Å²) in [6, 6.07) is 15.3. The molecule has 3 heterocycles. The Kier molecular flexibility index (Phi) is 6.24. The number of morpholine rings is 1. The van der Waals surface area contributed by atoms with Gasteiger partial charge in [-0.15, -0.1) is 10.2 Å². The number of para-hydroxylation sites is 1. The SMILES string of the molecule is O=C(CSc1nnc(CN2CCOCC2)n1-c1ccccc1)Nc1ccc2c(c1)OCO2. The summed E-state index contributed by atoms with van der Waals surface area (Å²) in [5.74, 6) is 2.23. The average Bonchev–Trinajstić information content (AvgIpc) is 3.45. The van der Waals surface area contributed by atoms with Crippen molar-refractivity contribution in [3.05, 3.63) is 54.4 Å². The molecule has 2 aliphatic rings. The number of carbonyl (C=O) groups is 1. The fraction of sp³-hybridized carbons (Fsp3) is 0.318. The maximum Gasteiger partial charge on any atom is 0.234 e. The van der Waals surface area contributed by atoms with Gasteiger partial charge >= 0.3 is 0 Å². The molecule has 2 aliphatic heterocycles. The van der Waals surface area contributed by atoms with Crippen LogP contribution in [0.4, 0.5) is 5.69 Å². The third-order valence-corrected chi connectivity index (χ3v) is 6.10. The highest BCUT2D eigenvalue weighted by Crippen LogP contribution is 2.34. The first-order chi connectivity index (χ1) is 15.8. The number of amides is 1. The molecule has 1 aromatic heterocycles. The summed E-state index contributed by atoms with van der Waals surface area (Å²) in [7, 11) is 0. The Bertz CT molecular complexity index is 1090. The van der Waals surface area contributed by atoms with Crippen LogP contribution in [-0.4, -0.2) is 64.4 Å². The summed E-state index contributed by atoms with van der Waals surface area (Å²) in [6.07, 6.45) is 0. The number of nitrogens with zero attached hydrogens (tertiary/aromatic N) is 4. The lowest BCUT2D eigenvalue weighted by Crippen LogP contribution is -2.36. The Morgan fingerprint density at radius 3 is 2.69 bits per heavy atom. The van der Waals surface area contributed by atoms with Gasteiger partial charge in [-0.2, -0.15) is 0 Å². The lowest BCUT2D eigenvalue weighted by molar-refractivity contribution is -0.113. The first-order valence-corrected chi connectivity index (χ1v) is 11.4. The van der Waals surface area contributed by atoms with Gasteiger partial charge < -0.3 is 19.5 Å². The number of anilines is 1. The highest BCUT2D eigenvalue weighted by molar-refractivity contribution is 7.99. The lowest BCUT2D eigenvalue weighted by atomic mass is 10.3. The van der Waals surface area contributed by atoms with Gasteiger partial charge in [0.25, 0.3) is 0 Å². The fourth-order valence-electron chi connectivity index (χ4n) is 3.59. The van der Waals surface area contributed by atoms with Crippen LogP contribution in [0.3, 0.4) is 0 Å². The fourth-order valence-corrected chi connectivity index (χ4v) is 4.36. The molecule has 0 spiro atoms. The zero-order valence-electron chi connectivity index (χ0n) is 17.4. The number of hydrogen-bond donors (Lipinski definition) is 1. The molecule has 166 valence electrons. The first kappa shape index (κ1) is 20.8. The molecule has 1 fully saturated rings. The third-order valence-electron chi connectivity index (χ3n) is 5.17. The molecule has 0 saturated carbocycles. The largest absolute Gasteiger partial charge is 0.454 e. The molecule has 32 heavy (non-hydrogen) atoms. The lowest BCUT2D eigenvalue weighted by Gasteiger charge is -2.26. The van der Waals surface area contributed by atoms with Crippen LogP contribution in [0.1, 0.15) is 5.82 Å². The molecular formula is C22H23N5O4S. The summed E-state index contributed by atoms with van der Waals surface area (Å²) < 4.78 is 18.1. The van der Waals surface area contributed by atoms with Gasteiger partial charge in [-0.3, -0.25) is 14.3 Å². The van der Waals surface area contributed by atoms with Crippen molar-refractivity contribution in [1.82, 2.24) is 19.7 Å². The smallest absolute Gasteiger partial charge is 0.234 e. The average molecular weight is 454 g/mol. The molecule has 1 saturated heterocycles. The van der Waals surface area contributed by atoms with Crippen LogP contribution >= 0.6 is 11.8 Å². The maximum atomic E-state index is 12.6. The Balaban J connectivity index is 1.29. The molecule has 9 nitrogen and oxygen atoms in total. The molecule has 0 radical (unpaired) electrons. The Labute approximate surface area is 189 Å². The third kappa shape index (κ3) is 4.72.